The predicted molar refractivity (Wildman–Crippen MR) is 125 cm³/mol. The van der Waals surface area contributed by atoms with Gasteiger partial charge in [-0.3, -0.25) is 9.59 Å². The molecule has 1 spiro atoms. The van der Waals surface area contributed by atoms with E-state index < -0.39 is 16.6 Å². The van der Waals surface area contributed by atoms with Gasteiger partial charge in [0.05, 0.1) is 23.9 Å². The second-order valence-corrected chi connectivity index (χ2v) is 9.55. The van der Waals surface area contributed by atoms with Crippen LogP contribution < -0.4 is 4.90 Å². The minimum absolute atomic E-state index is 0.188. The number of rotatable bonds is 3. The number of nitrogens with zero attached hydrogens (tertiary/aromatic N) is 3. The van der Waals surface area contributed by atoms with Gasteiger partial charge in [0.2, 0.25) is 0 Å². The molecule has 0 N–H and O–H groups in total. The van der Waals surface area contributed by atoms with Crippen LogP contribution in [-0.2, 0) is 16.2 Å². The van der Waals surface area contributed by atoms with Crippen molar-refractivity contribution in [1.82, 2.24) is 4.90 Å². The van der Waals surface area contributed by atoms with E-state index >= 15 is 0 Å². The van der Waals surface area contributed by atoms with Gasteiger partial charge in [0, 0.05) is 28.4 Å². The Hall–Kier alpha value is -3.34. The Kier molecular flexibility index (Phi) is 5.35. The van der Waals surface area contributed by atoms with E-state index in [1.807, 2.05) is 6.07 Å². The Morgan fingerprint density at radius 3 is 2.76 bits per heavy atom. The molecule has 1 atom stereocenters. The van der Waals surface area contributed by atoms with Crippen molar-refractivity contribution in [3.8, 4) is 6.07 Å². The standard InChI is InChI=1S/C25H17ClFN3O2S/c26-19-7-8-22-21(13-19)25(24(32)29(22)15-17-4-1-3-16(11-17)14-28)30(9-10-33-25)23(31)18-5-2-6-20(27)12-18/h1-8,11-13H,9-10,15H2/t25-/m1/s1. The Labute approximate surface area is 199 Å². The molecule has 0 saturated carbocycles. The minimum Gasteiger partial charge on any atom is -0.311 e. The Morgan fingerprint density at radius 2 is 1.97 bits per heavy atom. The highest BCUT2D eigenvalue weighted by Crippen LogP contribution is 2.55. The molecule has 2 heterocycles. The summed E-state index contributed by atoms with van der Waals surface area (Å²) in [7, 11) is 0. The number of fused-ring (bicyclic) bond motifs is 2. The van der Waals surface area contributed by atoms with Gasteiger partial charge in [-0.15, -0.1) is 11.8 Å². The van der Waals surface area contributed by atoms with E-state index in [4.69, 9.17) is 11.6 Å². The molecule has 5 nitrogen and oxygen atoms in total. The predicted octanol–water partition coefficient (Wildman–Crippen LogP) is 4.94. The summed E-state index contributed by atoms with van der Waals surface area (Å²) in [5, 5.41) is 9.69. The van der Waals surface area contributed by atoms with Crippen LogP contribution in [0.3, 0.4) is 0 Å². The van der Waals surface area contributed by atoms with E-state index in [0.717, 1.165) is 5.56 Å². The molecule has 2 amide bonds. The van der Waals surface area contributed by atoms with Crippen LogP contribution in [0.1, 0.15) is 27.0 Å². The van der Waals surface area contributed by atoms with Crippen molar-refractivity contribution in [2.45, 2.75) is 11.4 Å². The Morgan fingerprint density at radius 1 is 1.15 bits per heavy atom. The number of nitriles is 1. The molecular formula is C25H17ClFN3O2S. The van der Waals surface area contributed by atoms with Gasteiger partial charge >= 0.3 is 0 Å². The molecule has 0 bridgehead atoms. The third-order valence-electron chi connectivity index (χ3n) is 5.87. The highest BCUT2D eigenvalue weighted by atomic mass is 35.5. The first-order valence-electron chi connectivity index (χ1n) is 10.3. The van der Waals surface area contributed by atoms with E-state index in [1.165, 1.54) is 34.9 Å². The first-order valence-corrected chi connectivity index (χ1v) is 11.6. The summed E-state index contributed by atoms with van der Waals surface area (Å²) in [6.07, 6.45) is 0. The fourth-order valence-electron chi connectivity index (χ4n) is 4.44. The quantitative estimate of drug-likeness (QED) is 0.536. The number of anilines is 1. The average molecular weight is 478 g/mol. The number of carbonyl (C=O) groups is 2. The first-order chi connectivity index (χ1) is 15.9. The molecule has 8 heteroatoms. The molecular weight excluding hydrogens is 461 g/mol. The summed E-state index contributed by atoms with van der Waals surface area (Å²) in [4.78, 5) is 29.3. The maximum Gasteiger partial charge on any atom is 0.268 e. The van der Waals surface area contributed by atoms with Gasteiger partial charge in [-0.1, -0.05) is 29.8 Å². The molecule has 3 aromatic carbocycles. The van der Waals surface area contributed by atoms with Crippen molar-refractivity contribution < 1.29 is 14.0 Å². The lowest BCUT2D eigenvalue weighted by molar-refractivity contribution is -0.123. The molecule has 2 aliphatic rings. The van der Waals surface area contributed by atoms with Gasteiger partial charge in [-0.05, 0) is 54.1 Å². The fourth-order valence-corrected chi connectivity index (χ4v) is 6.07. The highest BCUT2D eigenvalue weighted by molar-refractivity contribution is 8.01. The summed E-state index contributed by atoms with van der Waals surface area (Å²) in [6.45, 7) is 0.586. The summed E-state index contributed by atoms with van der Waals surface area (Å²) in [5.41, 5.74) is 2.80. The van der Waals surface area contributed by atoms with E-state index in [-0.39, 0.29) is 18.0 Å². The fraction of sp³-hybridized carbons (Fsp3) is 0.160. The summed E-state index contributed by atoms with van der Waals surface area (Å²) in [5.74, 6) is -0.625. The minimum atomic E-state index is -1.28. The monoisotopic (exact) mass is 477 g/mol. The zero-order valence-corrected chi connectivity index (χ0v) is 18.9. The largest absolute Gasteiger partial charge is 0.311 e. The number of thioether (sulfide) groups is 1. The topological polar surface area (TPSA) is 64.4 Å². The van der Waals surface area contributed by atoms with E-state index in [2.05, 4.69) is 6.07 Å². The normalized spacial score (nSPS) is 19.1. The molecule has 0 aromatic heterocycles. The number of amides is 2. The summed E-state index contributed by atoms with van der Waals surface area (Å²) >= 11 is 7.70. The highest BCUT2D eigenvalue weighted by Gasteiger charge is 2.59. The van der Waals surface area contributed by atoms with Crippen LogP contribution >= 0.6 is 23.4 Å². The first kappa shape index (κ1) is 21.5. The second kappa shape index (κ2) is 8.22. The van der Waals surface area contributed by atoms with Crippen LogP contribution in [0.15, 0.2) is 66.7 Å². The maximum absolute atomic E-state index is 14.0. The van der Waals surface area contributed by atoms with Gasteiger partial charge in [0.25, 0.3) is 11.8 Å². The van der Waals surface area contributed by atoms with Crippen LogP contribution in [0.5, 0.6) is 0 Å². The second-order valence-electron chi connectivity index (χ2n) is 7.82. The van der Waals surface area contributed by atoms with E-state index in [1.54, 1.807) is 47.4 Å². The van der Waals surface area contributed by atoms with Crippen molar-refractivity contribution >= 4 is 40.9 Å². The number of benzene rings is 3. The van der Waals surface area contributed by atoms with E-state index in [0.29, 0.717) is 34.1 Å². The third-order valence-corrected chi connectivity index (χ3v) is 7.52. The number of hydrogen-bond donors (Lipinski definition) is 0. The van der Waals surface area contributed by atoms with Crippen molar-refractivity contribution in [1.29, 1.82) is 5.26 Å². The van der Waals surface area contributed by atoms with Gasteiger partial charge in [-0.25, -0.2) is 4.39 Å². The van der Waals surface area contributed by atoms with Crippen molar-refractivity contribution in [2.75, 3.05) is 17.2 Å². The third kappa shape index (κ3) is 3.47. The molecule has 0 aliphatic carbocycles. The lowest BCUT2D eigenvalue weighted by Gasteiger charge is -2.33. The van der Waals surface area contributed by atoms with Crippen molar-refractivity contribution in [3.05, 3.63) is 99.8 Å². The summed E-state index contributed by atoms with van der Waals surface area (Å²) in [6, 6.07) is 19.9. The molecule has 0 unspecified atom stereocenters. The van der Waals surface area contributed by atoms with Crippen LogP contribution in [0.2, 0.25) is 5.02 Å². The SMILES string of the molecule is N#Cc1cccc(CN2C(=O)[C@]3(SCCN3C(=O)c3cccc(F)c3)c3cc(Cl)ccc32)c1. The Bertz CT molecular complexity index is 1340. The van der Waals surface area contributed by atoms with Gasteiger partial charge in [0.1, 0.15) is 5.82 Å². The lowest BCUT2D eigenvalue weighted by atomic mass is 10.0. The molecule has 3 aromatic rings. The summed E-state index contributed by atoms with van der Waals surface area (Å²) < 4.78 is 13.8. The van der Waals surface area contributed by atoms with Gasteiger partial charge in [0.15, 0.2) is 4.87 Å². The van der Waals surface area contributed by atoms with Crippen LogP contribution in [0.25, 0.3) is 0 Å². The Balaban J connectivity index is 1.60. The van der Waals surface area contributed by atoms with Gasteiger partial charge < -0.3 is 9.80 Å². The zero-order valence-electron chi connectivity index (χ0n) is 17.3. The molecule has 1 fully saturated rings. The molecule has 2 aliphatic heterocycles. The van der Waals surface area contributed by atoms with Gasteiger partial charge in [-0.2, -0.15) is 5.26 Å². The van der Waals surface area contributed by atoms with Crippen LogP contribution in [0.4, 0.5) is 10.1 Å². The van der Waals surface area contributed by atoms with Crippen LogP contribution in [-0.4, -0.2) is 29.0 Å². The number of carbonyl (C=O) groups excluding carboxylic acids is 2. The maximum atomic E-state index is 14.0. The molecule has 0 radical (unpaired) electrons. The zero-order chi connectivity index (χ0) is 23.2. The molecule has 5 rings (SSSR count). The molecule has 164 valence electrons. The average Bonchev–Trinajstić information content (AvgIpc) is 3.36. The van der Waals surface area contributed by atoms with Crippen molar-refractivity contribution in [2.24, 2.45) is 0 Å². The van der Waals surface area contributed by atoms with Crippen LogP contribution in [0, 0.1) is 17.1 Å². The molecule has 1 saturated heterocycles. The van der Waals surface area contributed by atoms with Crippen molar-refractivity contribution in [3.63, 3.8) is 0 Å². The molecule has 33 heavy (non-hydrogen) atoms. The number of halogens is 2. The van der Waals surface area contributed by atoms with E-state index in [9.17, 15) is 19.2 Å². The number of hydrogen-bond acceptors (Lipinski definition) is 4. The lowest BCUT2D eigenvalue weighted by Crippen LogP contribution is -2.50. The smallest absolute Gasteiger partial charge is 0.268 e.